The number of nitrogens with one attached hydrogen (secondary N) is 1. The molecule has 0 aliphatic carbocycles. The summed E-state index contributed by atoms with van der Waals surface area (Å²) in [6, 6.07) is 0. The van der Waals surface area contributed by atoms with Gasteiger partial charge in [0.25, 0.3) is 21.2 Å². The molecule has 16 nitrogen and oxygen atoms in total. The summed E-state index contributed by atoms with van der Waals surface area (Å²) in [6.45, 7) is 3.63. The van der Waals surface area contributed by atoms with Crippen molar-refractivity contribution in [3.63, 3.8) is 0 Å². The van der Waals surface area contributed by atoms with Crippen LogP contribution in [0.3, 0.4) is 0 Å². The lowest BCUT2D eigenvalue weighted by atomic mass is 9.86. The number of ether oxygens (including phenoxy) is 2. The van der Waals surface area contributed by atoms with E-state index in [1.807, 2.05) is 0 Å². The van der Waals surface area contributed by atoms with Gasteiger partial charge in [-0.1, -0.05) is 0 Å². The molecule has 1 aromatic rings. The van der Waals surface area contributed by atoms with Gasteiger partial charge in [-0.3, -0.25) is 28.0 Å². The number of hydrogen-bond donors (Lipinski definition) is 4. The van der Waals surface area contributed by atoms with Gasteiger partial charge < -0.3 is 39.7 Å². The Labute approximate surface area is 198 Å². The lowest BCUT2D eigenvalue weighted by Crippen LogP contribution is -2.80. The highest BCUT2D eigenvalue weighted by molar-refractivity contribution is 7.59. The van der Waals surface area contributed by atoms with Crippen LogP contribution in [0.25, 0.3) is 0 Å². The smallest absolute Gasteiger partial charge is 0.330 e. The molecule has 0 bridgehead atoms. The number of quaternary nitrogens is 1. The molecule has 2 saturated heterocycles. The topological polar surface area (TPSA) is 249 Å². The summed E-state index contributed by atoms with van der Waals surface area (Å²) in [5.41, 5.74) is 1.56. The van der Waals surface area contributed by atoms with E-state index in [1.54, 1.807) is 6.92 Å². The lowest BCUT2D eigenvalue weighted by molar-refractivity contribution is -0.514. The third kappa shape index (κ3) is 6.95. The summed E-state index contributed by atoms with van der Waals surface area (Å²) < 4.78 is 49.2. The molecule has 2 aliphatic rings. The second kappa shape index (κ2) is 10.2. The minimum atomic E-state index is -5.51. The Morgan fingerprint density at radius 1 is 1.29 bits per heavy atom. The van der Waals surface area contributed by atoms with Crippen molar-refractivity contribution >= 4 is 15.6 Å². The van der Waals surface area contributed by atoms with Crippen LogP contribution >= 0.6 is 15.6 Å². The normalized spacial score (nSPS) is 37.0. The quantitative estimate of drug-likeness (QED) is 0.238. The van der Waals surface area contributed by atoms with E-state index in [1.165, 1.54) is 20.0 Å². The maximum Gasteiger partial charge on any atom is 0.330 e. The van der Waals surface area contributed by atoms with Gasteiger partial charge in [0.05, 0.1) is 25.2 Å². The van der Waals surface area contributed by atoms with Crippen LogP contribution in [-0.2, 0) is 32.0 Å². The molecule has 1 aromatic heterocycles. The van der Waals surface area contributed by atoms with Crippen LogP contribution in [-0.4, -0.2) is 62.6 Å². The molecule has 0 aromatic carbocycles. The molecule has 3 heterocycles. The maximum absolute atomic E-state index is 12.1. The first-order chi connectivity index (χ1) is 16.0. The van der Waals surface area contributed by atoms with Crippen LogP contribution in [0.2, 0.25) is 0 Å². The zero-order valence-electron chi connectivity index (χ0n) is 19.1. The van der Waals surface area contributed by atoms with Crippen molar-refractivity contribution in [2.24, 2.45) is 0 Å². The number of phosphoric ester groups is 2. The Hall–Kier alpha value is -1.26. The zero-order chi connectivity index (χ0) is 26.3. The van der Waals surface area contributed by atoms with E-state index < -0.39 is 76.0 Å². The summed E-state index contributed by atoms with van der Waals surface area (Å²) in [5.74, 6) is 0. The molecule has 2 fully saturated rings. The van der Waals surface area contributed by atoms with E-state index in [4.69, 9.17) is 9.47 Å². The van der Waals surface area contributed by atoms with Crippen LogP contribution in [0, 0.1) is 6.92 Å². The molecule has 200 valence electrons. The Morgan fingerprint density at radius 2 is 1.94 bits per heavy atom. The second-order valence-corrected chi connectivity index (χ2v) is 11.8. The first-order valence-corrected chi connectivity index (χ1v) is 13.4. The fraction of sp³-hybridized carbons (Fsp3) is 0.765. The van der Waals surface area contributed by atoms with Gasteiger partial charge in [-0.2, -0.15) is 0 Å². The lowest BCUT2D eigenvalue weighted by Gasteiger charge is -2.42. The molecule has 0 radical (unpaired) electrons. The molecule has 0 saturated carbocycles. The number of nitrogens with zero attached hydrogens (tertiary/aromatic N) is 1. The van der Waals surface area contributed by atoms with Crippen LogP contribution in [0.5, 0.6) is 0 Å². The van der Waals surface area contributed by atoms with Crippen molar-refractivity contribution in [2.75, 3.05) is 6.61 Å². The number of rotatable bonds is 8. The minimum Gasteiger partial charge on any atom is -0.756 e. The van der Waals surface area contributed by atoms with Crippen molar-refractivity contribution in [2.45, 2.75) is 76.1 Å². The standard InChI is InChI=1S/C17H29N3O13P2/c1-8-6-20(16(24)19-15(8)23)12-4-10(21)11(31-12)7-29-34(25,26)33-35(27,28)32-13-5-17(3,18)14(22)9(2)30-13/h6,9-14,21-22H,4-5,7,18H2,1-3H3,(H,25,26)(H,27,28)(H,19,23,24)/p-1/t9-,10-,11+,12+,13+,14+,17-/m0/s1. The molecule has 3 rings (SSSR count). The van der Waals surface area contributed by atoms with Crippen LogP contribution in [0.1, 0.15) is 38.5 Å². The van der Waals surface area contributed by atoms with Crippen LogP contribution < -0.4 is 26.8 Å². The minimum absolute atomic E-state index is 0.139. The van der Waals surface area contributed by atoms with Gasteiger partial charge in [-0.05, 0) is 20.8 Å². The van der Waals surface area contributed by atoms with Crippen molar-refractivity contribution in [1.29, 1.82) is 0 Å². The van der Waals surface area contributed by atoms with E-state index >= 15 is 0 Å². The third-order valence-electron chi connectivity index (χ3n) is 5.66. The maximum atomic E-state index is 12.1. The van der Waals surface area contributed by atoms with Gasteiger partial charge in [-0.25, -0.2) is 9.11 Å². The molecule has 2 unspecified atom stereocenters. The Morgan fingerprint density at radius 3 is 2.57 bits per heavy atom. The molecule has 18 heteroatoms. The number of hydrogen-bond acceptors (Lipinski definition) is 13. The number of aromatic nitrogens is 2. The predicted molar refractivity (Wildman–Crippen MR) is 110 cm³/mol. The Balaban J connectivity index is 1.58. The highest BCUT2D eigenvalue weighted by atomic mass is 31.3. The highest BCUT2D eigenvalue weighted by Gasteiger charge is 2.46. The van der Waals surface area contributed by atoms with Gasteiger partial charge in [-0.15, -0.1) is 0 Å². The summed E-state index contributed by atoms with van der Waals surface area (Å²) in [7, 11) is -11.0. The number of phosphoric acid groups is 2. The summed E-state index contributed by atoms with van der Waals surface area (Å²) in [5, 5.41) is 20.2. The highest BCUT2D eigenvalue weighted by Crippen LogP contribution is 2.57. The van der Waals surface area contributed by atoms with Gasteiger partial charge >= 0.3 is 5.69 Å². The van der Waals surface area contributed by atoms with Crippen molar-refractivity contribution in [3.8, 4) is 0 Å². The van der Waals surface area contributed by atoms with E-state index in [0.717, 1.165) is 4.57 Å². The van der Waals surface area contributed by atoms with Gasteiger partial charge in [0.2, 0.25) is 0 Å². The van der Waals surface area contributed by atoms with E-state index in [-0.39, 0.29) is 18.4 Å². The summed E-state index contributed by atoms with van der Waals surface area (Å²) in [6.07, 6.45) is -6.01. The summed E-state index contributed by atoms with van der Waals surface area (Å²) in [4.78, 5) is 49.8. The van der Waals surface area contributed by atoms with Crippen molar-refractivity contribution in [1.82, 2.24) is 9.55 Å². The van der Waals surface area contributed by atoms with Crippen molar-refractivity contribution < 1.29 is 57.7 Å². The summed E-state index contributed by atoms with van der Waals surface area (Å²) >= 11 is 0. The Bertz CT molecular complexity index is 1140. The first-order valence-electron chi connectivity index (χ1n) is 10.5. The average molecular weight is 544 g/mol. The van der Waals surface area contributed by atoms with Crippen molar-refractivity contribution in [3.05, 3.63) is 32.6 Å². The third-order valence-corrected chi connectivity index (χ3v) is 8.22. The fourth-order valence-corrected chi connectivity index (χ4v) is 5.87. The molecular weight excluding hydrogens is 516 g/mol. The number of aliphatic hydroxyl groups excluding tert-OH is 2. The molecule has 2 aliphatic heterocycles. The van der Waals surface area contributed by atoms with Crippen LogP contribution in [0.4, 0.5) is 0 Å². The molecule has 0 amide bonds. The molecule has 6 N–H and O–H groups in total. The second-order valence-electron chi connectivity index (χ2n) is 8.86. The predicted octanol–water partition coefficient (Wildman–Crippen LogP) is -3.02. The molecule has 9 atom stereocenters. The zero-order valence-corrected chi connectivity index (χ0v) is 20.9. The van der Waals surface area contributed by atoms with Gasteiger partial charge in [0.1, 0.15) is 24.0 Å². The SMILES string of the molecule is Cc1cn([C@H]2C[C@H](O)[C@@H](COP(=O)([O-])OP(=O)([O-])O[C@@H]3C[C@](C)([NH3+])[C@H](O)[C@H](C)O3)O2)c(=O)[nH]c1=O. The van der Waals surface area contributed by atoms with E-state index in [0.29, 0.717) is 0 Å². The van der Waals surface area contributed by atoms with Gasteiger partial charge in [0.15, 0.2) is 6.29 Å². The first kappa shape index (κ1) is 28.3. The molecule has 0 spiro atoms. The largest absolute Gasteiger partial charge is 0.756 e. The number of aliphatic hydroxyl groups is 2. The fourth-order valence-electron chi connectivity index (χ4n) is 3.80. The molecule has 35 heavy (non-hydrogen) atoms. The number of aryl methyl sites for hydroxylation is 1. The van der Waals surface area contributed by atoms with Crippen LogP contribution in [0.15, 0.2) is 15.8 Å². The molecular formula is C17H28N3O13P2-. The van der Waals surface area contributed by atoms with Gasteiger partial charge in [0, 0.05) is 18.2 Å². The number of H-pyrrole nitrogens is 1. The monoisotopic (exact) mass is 544 g/mol. The number of aromatic amines is 1. The Kier molecular flexibility index (Phi) is 8.29. The van der Waals surface area contributed by atoms with E-state index in [2.05, 4.69) is 24.1 Å². The average Bonchev–Trinajstić information content (AvgIpc) is 3.06. The van der Waals surface area contributed by atoms with E-state index in [9.17, 15) is 38.7 Å².